The van der Waals surface area contributed by atoms with E-state index in [1.165, 1.54) is 6.07 Å². The van der Waals surface area contributed by atoms with E-state index in [2.05, 4.69) is 10.5 Å². The molecule has 0 bridgehead atoms. The first-order valence-electron chi connectivity index (χ1n) is 5.42. The Morgan fingerprint density at radius 2 is 2.18 bits per heavy atom. The van der Waals surface area contributed by atoms with Crippen LogP contribution in [0.5, 0.6) is 0 Å². The van der Waals surface area contributed by atoms with Gasteiger partial charge in [-0.05, 0) is 19.8 Å². The molecule has 1 rings (SSSR count). The minimum absolute atomic E-state index is 0.00908. The predicted molar refractivity (Wildman–Crippen MR) is 68.0 cm³/mol. The summed E-state index contributed by atoms with van der Waals surface area (Å²) >= 11 is 0. The molecule has 0 spiro atoms. The Bertz CT molecular complexity index is 387. The quantitative estimate of drug-likeness (QED) is 0.391. The second-order valence-corrected chi connectivity index (χ2v) is 3.90. The fourth-order valence-corrected chi connectivity index (χ4v) is 1.52. The van der Waals surface area contributed by atoms with Gasteiger partial charge in [0, 0.05) is 18.7 Å². The summed E-state index contributed by atoms with van der Waals surface area (Å²) in [7, 11) is -0.599. The molecule has 0 saturated carbocycles. The highest BCUT2D eigenvalue weighted by atomic mass is 16.6. The van der Waals surface area contributed by atoms with Crippen LogP contribution in [-0.2, 0) is 0 Å². The third-order valence-corrected chi connectivity index (χ3v) is 2.23. The number of nitrogens with zero attached hydrogens (tertiary/aromatic N) is 1. The van der Waals surface area contributed by atoms with Crippen molar-refractivity contribution in [3.8, 4) is 0 Å². The van der Waals surface area contributed by atoms with E-state index in [4.69, 9.17) is 5.02 Å². The van der Waals surface area contributed by atoms with Crippen molar-refractivity contribution in [3.63, 3.8) is 0 Å². The number of nitro groups is 1. The lowest BCUT2D eigenvalue weighted by molar-refractivity contribution is -0.384. The normalized spacial score (nSPS) is 11.9. The molecule has 0 aromatic heterocycles. The molecule has 0 aliphatic rings. The van der Waals surface area contributed by atoms with Crippen molar-refractivity contribution in [2.24, 2.45) is 0 Å². The molecule has 6 nitrogen and oxygen atoms in total. The van der Waals surface area contributed by atoms with Gasteiger partial charge >= 0.3 is 7.05 Å². The van der Waals surface area contributed by atoms with Crippen LogP contribution in [0.25, 0.3) is 0 Å². The number of benzene rings is 1. The van der Waals surface area contributed by atoms with Crippen molar-refractivity contribution in [2.45, 2.75) is 19.8 Å². The van der Waals surface area contributed by atoms with E-state index in [1.807, 2.05) is 6.92 Å². The van der Waals surface area contributed by atoms with Crippen LogP contribution in [0.3, 0.4) is 0 Å². The highest BCUT2D eigenvalue weighted by Crippen LogP contribution is 2.22. The van der Waals surface area contributed by atoms with Crippen LogP contribution in [0.15, 0.2) is 24.3 Å². The van der Waals surface area contributed by atoms with Gasteiger partial charge in [0.2, 0.25) is 0 Å². The smallest absolute Gasteiger partial charge is 0.373 e. The Kier molecular flexibility index (Phi) is 4.93. The molecular weight excluding hydrogens is 221 g/mol. The first-order chi connectivity index (χ1) is 8.00. The summed E-state index contributed by atoms with van der Waals surface area (Å²) < 4.78 is 0. The summed E-state index contributed by atoms with van der Waals surface area (Å²) in [5, 5.41) is 25.7. The average molecular weight is 237 g/mol. The molecule has 0 amide bonds. The molecule has 17 heavy (non-hydrogen) atoms. The Morgan fingerprint density at radius 1 is 1.53 bits per heavy atom. The second kappa shape index (κ2) is 6.22. The fraction of sp³-hybridized carbons (Fsp3) is 0.400. The highest BCUT2D eigenvalue weighted by molar-refractivity contribution is 6.45. The van der Waals surface area contributed by atoms with Crippen LogP contribution in [0.4, 0.5) is 11.4 Å². The summed E-state index contributed by atoms with van der Waals surface area (Å²) in [5.74, 6) is 0. The van der Waals surface area contributed by atoms with Crippen molar-refractivity contribution >= 4 is 18.4 Å². The number of nitro benzene ring substituents is 1. The lowest BCUT2D eigenvalue weighted by Gasteiger charge is -2.15. The van der Waals surface area contributed by atoms with Crippen LogP contribution in [0, 0.1) is 10.1 Å². The lowest BCUT2D eigenvalue weighted by Crippen LogP contribution is -2.41. The molecule has 0 heterocycles. The summed E-state index contributed by atoms with van der Waals surface area (Å²) in [6.07, 6.45) is 0. The van der Waals surface area contributed by atoms with Crippen LogP contribution >= 0.6 is 0 Å². The number of nitrogens with one attached hydrogen (secondary N) is 2. The van der Waals surface area contributed by atoms with Gasteiger partial charge < -0.3 is 15.6 Å². The summed E-state index contributed by atoms with van der Waals surface area (Å²) in [6, 6.07) is 6.49. The minimum atomic E-state index is -0.599. The zero-order valence-electron chi connectivity index (χ0n) is 9.88. The largest absolute Gasteiger partial charge is 0.437 e. The van der Waals surface area contributed by atoms with Gasteiger partial charge in [-0.1, -0.05) is 12.1 Å². The number of hydrogen-bond donors (Lipinski definition) is 3. The molecule has 0 aliphatic carbocycles. The summed E-state index contributed by atoms with van der Waals surface area (Å²) in [6.45, 7) is 4.01. The predicted octanol–water partition coefficient (Wildman–Crippen LogP) is 1.10. The SMILES string of the molecule is CB(O)NC(C)CNc1ccccc1[N+](=O)[O-]. The third kappa shape index (κ3) is 4.42. The standard InChI is InChI=1S/C10H16BN3O3/c1-8(13-11(2)15)7-12-9-5-3-4-6-10(9)14(16)17/h3-6,8,12-13,15H,7H2,1-2H3. The topological polar surface area (TPSA) is 87.4 Å². The maximum absolute atomic E-state index is 10.8. The second-order valence-electron chi connectivity index (χ2n) is 3.90. The van der Waals surface area contributed by atoms with Crippen molar-refractivity contribution in [1.29, 1.82) is 0 Å². The monoisotopic (exact) mass is 237 g/mol. The molecule has 1 atom stereocenters. The first kappa shape index (κ1) is 13.5. The molecule has 3 N–H and O–H groups in total. The zero-order valence-corrected chi connectivity index (χ0v) is 9.88. The molecule has 7 heteroatoms. The zero-order chi connectivity index (χ0) is 12.8. The number of rotatable bonds is 6. The maximum atomic E-state index is 10.8. The van der Waals surface area contributed by atoms with Gasteiger partial charge in [0.15, 0.2) is 0 Å². The molecule has 1 aromatic rings. The average Bonchev–Trinajstić information content (AvgIpc) is 2.25. The summed E-state index contributed by atoms with van der Waals surface area (Å²) in [4.78, 5) is 10.3. The Hall–Kier alpha value is -1.60. The van der Waals surface area contributed by atoms with Crippen molar-refractivity contribution < 1.29 is 9.95 Å². The van der Waals surface area contributed by atoms with E-state index in [1.54, 1.807) is 25.0 Å². The van der Waals surface area contributed by atoms with Gasteiger partial charge in [0.25, 0.3) is 5.69 Å². The Morgan fingerprint density at radius 3 is 2.76 bits per heavy atom. The van der Waals surface area contributed by atoms with Gasteiger partial charge in [0.05, 0.1) is 4.92 Å². The van der Waals surface area contributed by atoms with Gasteiger partial charge in [-0.15, -0.1) is 0 Å². The van der Waals surface area contributed by atoms with Crippen molar-refractivity contribution in [1.82, 2.24) is 5.23 Å². The van der Waals surface area contributed by atoms with E-state index in [-0.39, 0.29) is 11.7 Å². The highest BCUT2D eigenvalue weighted by Gasteiger charge is 2.13. The van der Waals surface area contributed by atoms with E-state index in [0.717, 1.165) is 0 Å². The number of hydrogen-bond acceptors (Lipinski definition) is 5. The van der Waals surface area contributed by atoms with Crippen LogP contribution < -0.4 is 10.5 Å². The number of para-hydroxylation sites is 2. The van der Waals surface area contributed by atoms with Crippen LogP contribution in [0.1, 0.15) is 6.92 Å². The van der Waals surface area contributed by atoms with E-state index < -0.39 is 12.0 Å². The van der Waals surface area contributed by atoms with Crippen LogP contribution in [0.2, 0.25) is 6.82 Å². The molecule has 1 aromatic carbocycles. The molecule has 0 aliphatic heterocycles. The third-order valence-electron chi connectivity index (χ3n) is 2.23. The van der Waals surface area contributed by atoms with Crippen LogP contribution in [-0.4, -0.2) is 29.6 Å². The first-order valence-corrected chi connectivity index (χ1v) is 5.42. The molecule has 1 unspecified atom stereocenters. The lowest BCUT2D eigenvalue weighted by atomic mass is 9.87. The Labute approximate surface area is 100 Å². The summed E-state index contributed by atoms with van der Waals surface area (Å²) in [5.41, 5.74) is 0.536. The van der Waals surface area contributed by atoms with Crippen molar-refractivity contribution in [2.75, 3.05) is 11.9 Å². The molecule has 0 radical (unpaired) electrons. The van der Waals surface area contributed by atoms with Crippen molar-refractivity contribution in [3.05, 3.63) is 34.4 Å². The Balaban J connectivity index is 2.60. The van der Waals surface area contributed by atoms with E-state index in [0.29, 0.717) is 12.2 Å². The fourth-order valence-electron chi connectivity index (χ4n) is 1.52. The van der Waals surface area contributed by atoms with E-state index in [9.17, 15) is 10.1 Å². The minimum Gasteiger partial charge on any atom is -0.437 e. The maximum Gasteiger partial charge on any atom is 0.373 e. The number of anilines is 1. The van der Waals surface area contributed by atoms with Gasteiger partial charge in [-0.2, -0.15) is 0 Å². The molecular formula is C10H16BN3O3. The molecule has 92 valence electrons. The molecule has 0 fully saturated rings. The van der Waals surface area contributed by atoms with E-state index >= 15 is 0 Å². The van der Waals surface area contributed by atoms with Gasteiger partial charge in [-0.3, -0.25) is 10.1 Å². The van der Waals surface area contributed by atoms with Gasteiger partial charge in [-0.25, -0.2) is 0 Å². The van der Waals surface area contributed by atoms with Gasteiger partial charge in [0.1, 0.15) is 5.69 Å². The molecule has 0 saturated heterocycles.